The third-order valence-corrected chi connectivity index (χ3v) is 6.55. The van der Waals surface area contributed by atoms with Crippen molar-refractivity contribution in [1.82, 2.24) is 4.57 Å². The molecule has 0 atom stereocenters. The summed E-state index contributed by atoms with van der Waals surface area (Å²) in [7, 11) is 0. The molecular formula is C34H34N2O6. The summed E-state index contributed by atoms with van der Waals surface area (Å²) in [5, 5.41) is 20.0. The molecule has 0 radical (unpaired) electrons. The third-order valence-electron chi connectivity index (χ3n) is 6.55. The number of aromatic nitrogens is 1. The fraction of sp³-hybridized carbons (Fsp3) is 0.176. The van der Waals surface area contributed by atoms with E-state index in [1.807, 2.05) is 6.07 Å². The van der Waals surface area contributed by atoms with Crippen LogP contribution in [0.2, 0.25) is 0 Å². The smallest absolute Gasteiger partial charge is 0.340 e. The molecule has 8 heteroatoms. The van der Waals surface area contributed by atoms with E-state index in [9.17, 15) is 14.7 Å². The summed E-state index contributed by atoms with van der Waals surface area (Å²) in [5.74, 6) is -0.869. The number of nitrogen functional groups attached to an aromatic ring is 1. The van der Waals surface area contributed by atoms with Crippen molar-refractivity contribution in [3.05, 3.63) is 125 Å². The second-order valence-electron chi connectivity index (χ2n) is 9.55. The van der Waals surface area contributed by atoms with Gasteiger partial charge in [0.2, 0.25) is 0 Å². The number of phenolic OH excluding ortho intramolecular Hbond substituents is 2. The zero-order chi connectivity index (χ0) is 30.1. The molecule has 0 aliphatic rings. The number of esters is 2. The van der Waals surface area contributed by atoms with Crippen LogP contribution >= 0.6 is 0 Å². The number of fused-ring (bicyclic) bond motifs is 1. The van der Waals surface area contributed by atoms with Crippen LogP contribution < -0.4 is 5.73 Å². The van der Waals surface area contributed by atoms with Crippen molar-refractivity contribution < 1.29 is 29.3 Å². The average molecular weight is 567 g/mol. The molecule has 0 spiro atoms. The minimum Gasteiger partial charge on any atom is -0.508 e. The van der Waals surface area contributed by atoms with E-state index in [0.717, 1.165) is 23.1 Å². The molecule has 0 aliphatic carbocycles. The van der Waals surface area contributed by atoms with Crippen LogP contribution in [0.1, 0.15) is 51.3 Å². The van der Waals surface area contributed by atoms with Crippen LogP contribution in [0.3, 0.4) is 0 Å². The van der Waals surface area contributed by atoms with E-state index >= 15 is 0 Å². The predicted octanol–water partition coefficient (Wildman–Crippen LogP) is 6.31. The molecule has 4 N–H and O–H groups in total. The molecule has 0 saturated carbocycles. The third kappa shape index (κ3) is 7.48. The van der Waals surface area contributed by atoms with Crippen LogP contribution in [0.15, 0.2) is 97.2 Å². The second-order valence-corrected chi connectivity index (χ2v) is 9.55. The number of phenols is 2. The van der Waals surface area contributed by atoms with Crippen LogP contribution in [0.5, 0.6) is 11.5 Å². The topological polar surface area (TPSA) is 124 Å². The molecule has 1 heterocycles. The Morgan fingerprint density at radius 1 is 0.738 bits per heavy atom. The van der Waals surface area contributed by atoms with Crippen molar-refractivity contribution >= 4 is 28.5 Å². The fourth-order valence-electron chi connectivity index (χ4n) is 4.54. The molecule has 1 aromatic heterocycles. The Morgan fingerprint density at radius 2 is 1.38 bits per heavy atom. The van der Waals surface area contributed by atoms with Gasteiger partial charge in [0.15, 0.2) is 0 Å². The van der Waals surface area contributed by atoms with Crippen molar-refractivity contribution in [3.8, 4) is 11.5 Å². The number of carbonyl (C=O) groups excluding carboxylic acids is 2. The maximum Gasteiger partial charge on any atom is 0.340 e. The van der Waals surface area contributed by atoms with Gasteiger partial charge >= 0.3 is 11.9 Å². The number of aromatic hydroxyl groups is 2. The Labute approximate surface area is 244 Å². The van der Waals surface area contributed by atoms with E-state index in [-0.39, 0.29) is 23.7 Å². The van der Waals surface area contributed by atoms with Crippen molar-refractivity contribution in [3.63, 3.8) is 0 Å². The van der Waals surface area contributed by atoms with Crippen LogP contribution in [0.25, 0.3) is 10.9 Å². The van der Waals surface area contributed by atoms with Crippen LogP contribution in [-0.4, -0.2) is 39.9 Å². The lowest BCUT2D eigenvalue weighted by Gasteiger charge is -2.10. The highest BCUT2D eigenvalue weighted by atomic mass is 16.5. The Bertz CT molecular complexity index is 1680. The quantitative estimate of drug-likeness (QED) is 0.114. The van der Waals surface area contributed by atoms with Crippen molar-refractivity contribution in [2.24, 2.45) is 0 Å². The fourth-order valence-corrected chi connectivity index (χ4v) is 4.54. The molecular weight excluding hydrogens is 532 g/mol. The highest BCUT2D eigenvalue weighted by Gasteiger charge is 2.15. The van der Waals surface area contributed by atoms with E-state index in [2.05, 4.69) is 59.3 Å². The molecule has 42 heavy (non-hydrogen) atoms. The van der Waals surface area contributed by atoms with Gasteiger partial charge in [-0.15, -0.1) is 0 Å². The maximum atomic E-state index is 12.3. The molecule has 5 aromatic rings. The van der Waals surface area contributed by atoms with E-state index in [1.54, 1.807) is 26.0 Å². The van der Waals surface area contributed by atoms with E-state index in [1.165, 1.54) is 35.3 Å². The molecule has 5 rings (SSSR count). The van der Waals surface area contributed by atoms with Crippen molar-refractivity contribution in [2.75, 3.05) is 18.9 Å². The summed E-state index contributed by atoms with van der Waals surface area (Å²) >= 11 is 0. The number of anilines is 1. The summed E-state index contributed by atoms with van der Waals surface area (Å²) < 4.78 is 12.1. The van der Waals surface area contributed by atoms with Gasteiger partial charge in [-0.2, -0.15) is 0 Å². The van der Waals surface area contributed by atoms with Crippen LogP contribution in [0.4, 0.5) is 5.69 Å². The van der Waals surface area contributed by atoms with Crippen molar-refractivity contribution in [2.45, 2.75) is 26.8 Å². The van der Waals surface area contributed by atoms with Gasteiger partial charge < -0.3 is 30.0 Å². The van der Waals surface area contributed by atoms with Gasteiger partial charge in [0, 0.05) is 23.9 Å². The molecule has 216 valence electrons. The monoisotopic (exact) mass is 566 g/mol. The van der Waals surface area contributed by atoms with Crippen LogP contribution in [0, 0.1) is 0 Å². The molecule has 0 aliphatic heterocycles. The van der Waals surface area contributed by atoms with E-state index < -0.39 is 11.9 Å². The average Bonchev–Trinajstić information content (AvgIpc) is 3.38. The normalized spacial score (nSPS) is 10.5. The predicted molar refractivity (Wildman–Crippen MR) is 163 cm³/mol. The van der Waals surface area contributed by atoms with Gasteiger partial charge in [-0.25, -0.2) is 9.59 Å². The second kappa shape index (κ2) is 13.9. The van der Waals surface area contributed by atoms with Gasteiger partial charge in [0.25, 0.3) is 0 Å². The summed E-state index contributed by atoms with van der Waals surface area (Å²) in [6.45, 7) is 4.89. The standard InChI is InChI=1S/C25H23NO3.C9H11NO3/c1-2-29-25(28)23-16-22(27)10-9-20(23)14-19-8-11-24-21(15-19)12-13-26(24)17-18-6-4-3-5-7-18;1-2-13-9(12)7-5-6(11)3-4-8(7)10/h3-13,15-16,27H,2,14,17H2,1H3;3-5,11H,2,10H2,1H3. The largest absolute Gasteiger partial charge is 0.508 e. The van der Waals surface area contributed by atoms with E-state index in [0.29, 0.717) is 24.3 Å². The number of rotatable bonds is 8. The summed E-state index contributed by atoms with van der Waals surface area (Å²) in [6.07, 6.45) is 2.69. The number of hydrogen-bond acceptors (Lipinski definition) is 7. The Hall–Kier alpha value is -5.24. The molecule has 0 unspecified atom stereocenters. The summed E-state index contributed by atoms with van der Waals surface area (Å²) in [5.41, 5.74) is 10.8. The van der Waals surface area contributed by atoms with Gasteiger partial charge in [-0.3, -0.25) is 0 Å². The first-order valence-corrected chi connectivity index (χ1v) is 13.6. The molecule has 8 nitrogen and oxygen atoms in total. The molecule has 0 bridgehead atoms. The Kier molecular flexibility index (Phi) is 9.84. The number of benzene rings is 4. The molecule has 0 fully saturated rings. The number of nitrogens with two attached hydrogens (primary N) is 1. The Morgan fingerprint density at radius 3 is 2.07 bits per heavy atom. The minimum atomic E-state index is -0.518. The molecule has 0 amide bonds. The maximum absolute atomic E-state index is 12.3. The SMILES string of the molecule is CCOC(=O)c1cc(O)ccc1Cc1ccc2c(ccn2Cc2ccccc2)c1.CCOC(=O)c1cc(O)ccc1N. The first-order valence-electron chi connectivity index (χ1n) is 13.6. The summed E-state index contributed by atoms with van der Waals surface area (Å²) in [6, 6.07) is 27.9. The minimum absolute atomic E-state index is 0.00254. The number of ether oxygens (including phenoxy) is 2. The number of hydrogen-bond donors (Lipinski definition) is 3. The number of carbonyl (C=O) groups is 2. The van der Waals surface area contributed by atoms with Gasteiger partial charge in [-0.1, -0.05) is 42.5 Å². The zero-order valence-corrected chi connectivity index (χ0v) is 23.6. The first kappa shape index (κ1) is 29.7. The first-order chi connectivity index (χ1) is 20.3. The van der Waals surface area contributed by atoms with Crippen LogP contribution in [-0.2, 0) is 22.4 Å². The highest BCUT2D eigenvalue weighted by Crippen LogP contribution is 2.24. The lowest BCUT2D eigenvalue weighted by molar-refractivity contribution is 0.0516. The lowest BCUT2D eigenvalue weighted by Crippen LogP contribution is -2.08. The zero-order valence-electron chi connectivity index (χ0n) is 23.6. The Balaban J connectivity index is 0.000000262. The van der Waals surface area contributed by atoms with E-state index in [4.69, 9.17) is 20.3 Å². The van der Waals surface area contributed by atoms with Crippen molar-refractivity contribution in [1.29, 1.82) is 0 Å². The molecule has 4 aromatic carbocycles. The number of nitrogens with zero attached hydrogens (tertiary/aromatic N) is 1. The lowest BCUT2D eigenvalue weighted by atomic mass is 9.98. The van der Waals surface area contributed by atoms with Gasteiger partial charge in [0.05, 0.1) is 24.3 Å². The molecule has 0 saturated heterocycles. The van der Waals surface area contributed by atoms with Gasteiger partial charge in [-0.05, 0) is 90.9 Å². The van der Waals surface area contributed by atoms with Gasteiger partial charge in [0.1, 0.15) is 11.5 Å². The highest BCUT2D eigenvalue weighted by molar-refractivity contribution is 5.95. The summed E-state index contributed by atoms with van der Waals surface area (Å²) in [4.78, 5) is 23.5.